The molecule has 0 aliphatic heterocycles. The van der Waals surface area contributed by atoms with Crippen molar-refractivity contribution in [3.63, 3.8) is 0 Å². The van der Waals surface area contributed by atoms with Crippen molar-refractivity contribution in [2.24, 2.45) is 0 Å². The first-order valence-electron chi connectivity index (χ1n) is 6.41. The molecule has 1 amide bonds. The van der Waals surface area contributed by atoms with Gasteiger partial charge in [-0.3, -0.25) is 9.00 Å². The Hall–Kier alpha value is -1.47. The number of fused-ring (bicyclic) bond motifs is 1. The topological polar surface area (TPSA) is 85.1 Å². The molecule has 1 aromatic heterocycles. The fraction of sp³-hybridized carbons (Fsp3) is 0.385. The van der Waals surface area contributed by atoms with Crippen molar-refractivity contribution in [3.05, 3.63) is 18.2 Å². The molecule has 0 aliphatic rings. The molecule has 0 radical (unpaired) electrons. The molecule has 0 fully saturated rings. The summed E-state index contributed by atoms with van der Waals surface area (Å²) in [5.74, 6) is -0.241. The number of nitrogens with zero attached hydrogens (tertiary/aromatic N) is 1. The summed E-state index contributed by atoms with van der Waals surface area (Å²) in [7, 11) is -1.40. The minimum Gasteiger partial charge on any atom is -0.399 e. The number of nitrogens with one attached hydrogen (secondary N) is 1. The van der Waals surface area contributed by atoms with E-state index in [-0.39, 0.29) is 11.7 Å². The molecule has 1 aromatic carbocycles. The number of anilines is 1. The summed E-state index contributed by atoms with van der Waals surface area (Å²) in [6, 6.07) is 5.35. The van der Waals surface area contributed by atoms with Gasteiger partial charge in [-0.15, -0.1) is 11.3 Å². The molecule has 5 nitrogen and oxygen atoms in total. The molecule has 0 spiro atoms. The molecule has 1 atom stereocenters. The molecule has 20 heavy (non-hydrogen) atoms. The number of nitrogens with two attached hydrogens (primary N) is 1. The van der Waals surface area contributed by atoms with Crippen molar-refractivity contribution in [1.29, 1.82) is 0 Å². The third-order valence-corrected chi connectivity index (χ3v) is 5.33. The Morgan fingerprint density at radius 1 is 1.50 bits per heavy atom. The first-order chi connectivity index (χ1) is 9.60. The van der Waals surface area contributed by atoms with Crippen molar-refractivity contribution in [1.82, 2.24) is 10.3 Å². The van der Waals surface area contributed by atoms with Gasteiger partial charge in [0.15, 0.2) is 4.34 Å². The van der Waals surface area contributed by atoms with Gasteiger partial charge in [0.05, 0.1) is 21.0 Å². The number of amides is 1. The van der Waals surface area contributed by atoms with Crippen molar-refractivity contribution < 1.29 is 9.00 Å². The van der Waals surface area contributed by atoms with E-state index >= 15 is 0 Å². The van der Waals surface area contributed by atoms with Crippen LogP contribution in [0.5, 0.6) is 0 Å². The number of benzene rings is 1. The van der Waals surface area contributed by atoms with E-state index in [0.717, 1.165) is 23.1 Å². The van der Waals surface area contributed by atoms with Crippen LogP contribution in [-0.2, 0) is 15.6 Å². The molecular weight excluding hydrogens is 294 g/mol. The second kappa shape index (κ2) is 6.81. The van der Waals surface area contributed by atoms with Gasteiger partial charge < -0.3 is 11.1 Å². The van der Waals surface area contributed by atoms with Crippen molar-refractivity contribution in [2.75, 3.05) is 18.0 Å². The van der Waals surface area contributed by atoms with E-state index in [9.17, 15) is 9.00 Å². The van der Waals surface area contributed by atoms with Gasteiger partial charge in [-0.2, -0.15) is 0 Å². The van der Waals surface area contributed by atoms with Crippen LogP contribution in [0.3, 0.4) is 0 Å². The van der Waals surface area contributed by atoms with E-state index < -0.39 is 10.8 Å². The average Bonchev–Trinajstić information content (AvgIpc) is 2.82. The third kappa shape index (κ3) is 3.77. The van der Waals surface area contributed by atoms with E-state index in [1.165, 1.54) is 11.3 Å². The normalized spacial score (nSPS) is 12.4. The van der Waals surface area contributed by atoms with E-state index in [4.69, 9.17) is 5.73 Å². The zero-order chi connectivity index (χ0) is 14.5. The Morgan fingerprint density at radius 3 is 3.05 bits per heavy atom. The number of carbonyl (C=O) groups is 1. The molecule has 3 N–H and O–H groups in total. The second-order valence-corrected chi connectivity index (χ2v) is 7.06. The highest BCUT2D eigenvalue weighted by Gasteiger charge is 2.14. The van der Waals surface area contributed by atoms with E-state index in [2.05, 4.69) is 17.2 Å². The van der Waals surface area contributed by atoms with Crippen molar-refractivity contribution in [3.8, 4) is 0 Å². The average molecular weight is 311 g/mol. The fourth-order valence-corrected chi connectivity index (χ4v) is 3.88. The van der Waals surface area contributed by atoms with Gasteiger partial charge in [0, 0.05) is 12.2 Å². The fourth-order valence-electron chi connectivity index (χ4n) is 1.65. The molecule has 0 saturated carbocycles. The number of unbranched alkanes of at least 4 members (excludes halogenated alkanes) is 1. The lowest BCUT2D eigenvalue weighted by molar-refractivity contribution is -0.118. The maximum absolute atomic E-state index is 12.1. The second-order valence-electron chi connectivity index (χ2n) is 4.40. The number of hydrogen-bond acceptors (Lipinski definition) is 5. The third-order valence-electron chi connectivity index (χ3n) is 2.70. The van der Waals surface area contributed by atoms with Crippen LogP contribution in [-0.4, -0.2) is 27.4 Å². The highest BCUT2D eigenvalue weighted by atomic mass is 32.2. The molecule has 1 unspecified atom stereocenters. The number of nitrogen functional groups attached to an aromatic ring is 1. The van der Waals surface area contributed by atoms with Gasteiger partial charge >= 0.3 is 0 Å². The highest BCUT2D eigenvalue weighted by molar-refractivity contribution is 7.88. The van der Waals surface area contributed by atoms with E-state index in [1.54, 1.807) is 18.2 Å². The SMILES string of the molecule is CCCCNC(=O)CS(=O)c1nc2ccc(N)cc2s1. The van der Waals surface area contributed by atoms with Crippen LogP contribution in [0.2, 0.25) is 0 Å². The Bertz CT molecular complexity index is 640. The quantitative estimate of drug-likeness (QED) is 0.630. The van der Waals surface area contributed by atoms with Crippen LogP contribution in [0.15, 0.2) is 22.5 Å². The van der Waals surface area contributed by atoms with Gasteiger partial charge in [-0.05, 0) is 24.6 Å². The molecule has 2 aromatic rings. The largest absolute Gasteiger partial charge is 0.399 e. The van der Waals surface area contributed by atoms with Crippen LogP contribution in [0.1, 0.15) is 19.8 Å². The summed E-state index contributed by atoms with van der Waals surface area (Å²) >= 11 is 1.32. The summed E-state index contributed by atoms with van der Waals surface area (Å²) < 4.78 is 13.5. The Balaban J connectivity index is 2.02. The van der Waals surface area contributed by atoms with Gasteiger partial charge in [0.25, 0.3) is 0 Å². The van der Waals surface area contributed by atoms with Crippen molar-refractivity contribution >= 4 is 43.9 Å². The molecule has 1 heterocycles. The predicted molar refractivity (Wildman–Crippen MR) is 83.2 cm³/mol. The Morgan fingerprint density at radius 2 is 2.30 bits per heavy atom. The lowest BCUT2D eigenvalue weighted by Gasteiger charge is -2.02. The smallest absolute Gasteiger partial charge is 0.233 e. The predicted octanol–water partition coefficient (Wildman–Crippen LogP) is 1.90. The van der Waals surface area contributed by atoms with Crippen LogP contribution < -0.4 is 11.1 Å². The molecular formula is C13H17N3O2S2. The molecule has 0 bridgehead atoms. The summed E-state index contributed by atoms with van der Waals surface area (Å²) in [5.41, 5.74) is 7.11. The minimum absolute atomic E-state index is 0.0426. The lowest BCUT2D eigenvalue weighted by atomic mass is 10.3. The zero-order valence-electron chi connectivity index (χ0n) is 11.2. The first kappa shape index (κ1) is 14.9. The minimum atomic E-state index is -1.40. The maximum Gasteiger partial charge on any atom is 0.233 e. The summed E-state index contributed by atoms with van der Waals surface area (Å²) in [5, 5.41) is 2.75. The monoisotopic (exact) mass is 311 g/mol. The Kier molecular flexibility index (Phi) is 5.08. The highest BCUT2D eigenvalue weighted by Crippen LogP contribution is 2.26. The van der Waals surface area contributed by atoms with Gasteiger partial charge in [0.2, 0.25) is 5.91 Å². The van der Waals surface area contributed by atoms with E-state index in [0.29, 0.717) is 16.6 Å². The number of rotatable bonds is 6. The van der Waals surface area contributed by atoms with Gasteiger partial charge in [-0.1, -0.05) is 13.3 Å². The molecule has 0 saturated heterocycles. The van der Waals surface area contributed by atoms with Crippen LogP contribution in [0, 0.1) is 0 Å². The number of thiazole rings is 1. The summed E-state index contributed by atoms with van der Waals surface area (Å²) in [6.07, 6.45) is 1.95. The zero-order valence-corrected chi connectivity index (χ0v) is 12.9. The summed E-state index contributed by atoms with van der Waals surface area (Å²) in [4.78, 5) is 15.9. The van der Waals surface area contributed by atoms with Crippen LogP contribution >= 0.6 is 11.3 Å². The summed E-state index contributed by atoms with van der Waals surface area (Å²) in [6.45, 7) is 2.68. The maximum atomic E-state index is 12.1. The first-order valence-corrected chi connectivity index (χ1v) is 8.55. The molecule has 108 valence electrons. The van der Waals surface area contributed by atoms with Gasteiger partial charge in [-0.25, -0.2) is 4.98 Å². The number of carbonyl (C=O) groups excluding carboxylic acids is 1. The molecule has 7 heteroatoms. The van der Waals surface area contributed by atoms with E-state index in [1.807, 2.05) is 0 Å². The standard InChI is InChI=1S/C13H17N3O2S2/c1-2-3-6-15-12(17)8-20(18)13-16-10-5-4-9(14)7-11(10)19-13/h4-5,7H,2-3,6,8,14H2,1H3,(H,15,17). The van der Waals surface area contributed by atoms with Crippen LogP contribution in [0.25, 0.3) is 10.2 Å². The van der Waals surface area contributed by atoms with Gasteiger partial charge in [0.1, 0.15) is 5.75 Å². The van der Waals surface area contributed by atoms with Crippen molar-refractivity contribution in [2.45, 2.75) is 24.1 Å². The van der Waals surface area contributed by atoms with Crippen LogP contribution in [0.4, 0.5) is 5.69 Å². The lowest BCUT2D eigenvalue weighted by Crippen LogP contribution is -2.29. The molecule has 0 aliphatic carbocycles. The molecule has 2 rings (SSSR count). The number of aromatic nitrogens is 1. The number of hydrogen-bond donors (Lipinski definition) is 2. The Labute approximate surface area is 124 Å².